The van der Waals surface area contributed by atoms with Crippen molar-refractivity contribution in [2.75, 3.05) is 0 Å². The third-order valence-electron chi connectivity index (χ3n) is 4.36. The first kappa shape index (κ1) is 11.9. The molecule has 0 bridgehead atoms. The maximum Gasteiger partial charge on any atom is 0.226 e. The molecule has 0 radical (unpaired) electrons. The van der Waals surface area contributed by atoms with Crippen LogP contribution >= 0.6 is 0 Å². The van der Waals surface area contributed by atoms with Crippen LogP contribution < -0.4 is 5.32 Å². The van der Waals surface area contributed by atoms with Gasteiger partial charge >= 0.3 is 0 Å². The molecule has 2 fully saturated rings. The molecule has 2 aliphatic carbocycles. The second-order valence-corrected chi connectivity index (χ2v) is 6.49. The van der Waals surface area contributed by atoms with E-state index in [4.69, 9.17) is 0 Å². The molecule has 2 saturated carbocycles. The lowest BCUT2D eigenvalue weighted by molar-refractivity contribution is -0.134. The molecule has 0 aromatic carbocycles. The van der Waals surface area contributed by atoms with Gasteiger partial charge in [-0.1, -0.05) is 6.92 Å². The van der Waals surface area contributed by atoms with Crippen LogP contribution in [-0.4, -0.2) is 17.1 Å². The molecule has 0 aromatic rings. The van der Waals surface area contributed by atoms with E-state index < -0.39 is 5.67 Å². The first-order chi connectivity index (χ1) is 7.25. The highest BCUT2D eigenvalue weighted by atomic mass is 19.1. The molecule has 0 unspecified atom stereocenters. The Bertz CT molecular complexity index is 297. The SMILES string of the molecule is CC1(F)CCC(C)(C(=O)NC2(C)CC2)CC1. The van der Waals surface area contributed by atoms with Crippen LogP contribution in [0.25, 0.3) is 0 Å². The maximum atomic E-state index is 13.7. The van der Waals surface area contributed by atoms with Crippen LogP contribution in [0.15, 0.2) is 0 Å². The molecule has 2 nitrogen and oxygen atoms in total. The topological polar surface area (TPSA) is 29.1 Å². The molecule has 0 heterocycles. The van der Waals surface area contributed by atoms with Gasteiger partial charge in [0.2, 0.25) is 5.91 Å². The minimum absolute atomic E-state index is 0.0383. The van der Waals surface area contributed by atoms with Crippen molar-refractivity contribution in [3.8, 4) is 0 Å². The highest BCUT2D eigenvalue weighted by Crippen LogP contribution is 2.44. The minimum atomic E-state index is -1.07. The second-order valence-electron chi connectivity index (χ2n) is 6.49. The smallest absolute Gasteiger partial charge is 0.226 e. The van der Waals surface area contributed by atoms with Crippen molar-refractivity contribution < 1.29 is 9.18 Å². The van der Waals surface area contributed by atoms with Crippen molar-refractivity contribution in [1.29, 1.82) is 0 Å². The summed E-state index contributed by atoms with van der Waals surface area (Å²) in [5.41, 5.74) is -1.38. The van der Waals surface area contributed by atoms with Gasteiger partial charge < -0.3 is 5.32 Å². The van der Waals surface area contributed by atoms with Crippen molar-refractivity contribution in [3.63, 3.8) is 0 Å². The molecular weight excluding hydrogens is 205 g/mol. The van der Waals surface area contributed by atoms with E-state index in [9.17, 15) is 9.18 Å². The summed E-state index contributed by atoms with van der Waals surface area (Å²) in [6.07, 6.45) is 4.51. The molecule has 0 aromatic heterocycles. The largest absolute Gasteiger partial charge is 0.350 e. The summed E-state index contributed by atoms with van der Waals surface area (Å²) in [5, 5.41) is 3.11. The van der Waals surface area contributed by atoms with Gasteiger partial charge in [0.15, 0.2) is 0 Å². The van der Waals surface area contributed by atoms with Crippen LogP contribution in [0.2, 0.25) is 0 Å². The summed E-state index contributed by atoms with van der Waals surface area (Å²) < 4.78 is 13.7. The number of carbonyl (C=O) groups excluding carboxylic acids is 1. The highest BCUT2D eigenvalue weighted by molar-refractivity contribution is 5.83. The Morgan fingerprint density at radius 3 is 1.94 bits per heavy atom. The van der Waals surface area contributed by atoms with E-state index in [-0.39, 0.29) is 16.9 Å². The molecule has 2 aliphatic rings. The summed E-state index contributed by atoms with van der Waals surface area (Å²) >= 11 is 0. The number of carbonyl (C=O) groups is 1. The molecule has 16 heavy (non-hydrogen) atoms. The molecule has 0 spiro atoms. The monoisotopic (exact) mass is 227 g/mol. The maximum absolute atomic E-state index is 13.7. The molecule has 0 saturated heterocycles. The zero-order valence-electron chi connectivity index (χ0n) is 10.5. The molecule has 92 valence electrons. The summed E-state index contributed by atoms with van der Waals surface area (Å²) in [4.78, 5) is 12.2. The van der Waals surface area contributed by atoms with E-state index >= 15 is 0 Å². The van der Waals surface area contributed by atoms with Gasteiger partial charge in [-0.2, -0.15) is 0 Å². The van der Waals surface area contributed by atoms with Crippen molar-refractivity contribution in [1.82, 2.24) is 5.32 Å². The van der Waals surface area contributed by atoms with Crippen LogP contribution in [0.1, 0.15) is 59.3 Å². The molecule has 2 rings (SSSR count). The standard InChI is InChI=1S/C13H22FNO/c1-11(4-6-12(2,14)7-5-11)10(16)15-13(3)8-9-13/h4-9H2,1-3H3,(H,15,16). The number of alkyl halides is 1. The average molecular weight is 227 g/mol. The Balaban J connectivity index is 1.95. The van der Waals surface area contributed by atoms with E-state index in [0.717, 1.165) is 12.8 Å². The predicted molar refractivity (Wildman–Crippen MR) is 61.9 cm³/mol. The van der Waals surface area contributed by atoms with Gasteiger partial charge in [-0.25, -0.2) is 4.39 Å². The molecule has 1 N–H and O–H groups in total. The lowest BCUT2D eigenvalue weighted by Crippen LogP contribution is -2.47. The Labute approximate surface area is 97.0 Å². The fourth-order valence-corrected chi connectivity index (χ4v) is 2.29. The first-order valence-electron chi connectivity index (χ1n) is 6.26. The minimum Gasteiger partial charge on any atom is -0.350 e. The fourth-order valence-electron chi connectivity index (χ4n) is 2.29. The van der Waals surface area contributed by atoms with E-state index in [0.29, 0.717) is 25.7 Å². The van der Waals surface area contributed by atoms with E-state index in [1.807, 2.05) is 6.92 Å². The number of rotatable bonds is 2. The molecular formula is C13H22FNO. The molecule has 0 aliphatic heterocycles. The van der Waals surface area contributed by atoms with Gasteiger partial charge in [0, 0.05) is 11.0 Å². The molecule has 3 heteroatoms. The zero-order valence-corrected chi connectivity index (χ0v) is 10.5. The van der Waals surface area contributed by atoms with Gasteiger partial charge in [-0.3, -0.25) is 4.79 Å². The Morgan fingerprint density at radius 1 is 1.00 bits per heavy atom. The Hall–Kier alpha value is -0.600. The van der Waals surface area contributed by atoms with Gasteiger partial charge in [0.25, 0.3) is 0 Å². The first-order valence-corrected chi connectivity index (χ1v) is 6.26. The van der Waals surface area contributed by atoms with Gasteiger partial charge in [0.05, 0.1) is 0 Å². The zero-order chi connectivity index (χ0) is 12.0. The number of halogens is 1. The number of nitrogens with one attached hydrogen (secondary N) is 1. The van der Waals surface area contributed by atoms with Crippen LogP contribution in [-0.2, 0) is 4.79 Å². The van der Waals surface area contributed by atoms with Crippen LogP contribution in [0.3, 0.4) is 0 Å². The van der Waals surface area contributed by atoms with Crippen LogP contribution in [0.4, 0.5) is 4.39 Å². The van der Waals surface area contributed by atoms with E-state index in [1.165, 1.54) is 0 Å². The third-order valence-corrected chi connectivity index (χ3v) is 4.36. The van der Waals surface area contributed by atoms with Crippen LogP contribution in [0.5, 0.6) is 0 Å². The van der Waals surface area contributed by atoms with E-state index in [2.05, 4.69) is 12.2 Å². The van der Waals surface area contributed by atoms with Gasteiger partial charge in [0.1, 0.15) is 5.67 Å². The summed E-state index contributed by atoms with van der Waals surface area (Å²) in [5.74, 6) is 0.128. The molecule has 0 atom stereocenters. The van der Waals surface area contributed by atoms with Crippen molar-refractivity contribution in [2.24, 2.45) is 5.41 Å². The number of hydrogen-bond donors (Lipinski definition) is 1. The van der Waals surface area contributed by atoms with Gasteiger partial charge in [-0.15, -0.1) is 0 Å². The summed E-state index contributed by atoms with van der Waals surface area (Å²) in [7, 11) is 0. The second kappa shape index (κ2) is 3.44. The van der Waals surface area contributed by atoms with Crippen molar-refractivity contribution in [2.45, 2.75) is 70.5 Å². The molecule has 1 amide bonds. The Kier molecular flexibility index (Phi) is 2.56. The lowest BCUT2D eigenvalue weighted by Gasteiger charge is -2.38. The quantitative estimate of drug-likeness (QED) is 0.772. The predicted octanol–water partition coefficient (Wildman–Crippen LogP) is 2.96. The Morgan fingerprint density at radius 2 is 1.50 bits per heavy atom. The van der Waals surface area contributed by atoms with Gasteiger partial charge in [-0.05, 0) is 52.4 Å². The van der Waals surface area contributed by atoms with Crippen LogP contribution in [0, 0.1) is 5.41 Å². The average Bonchev–Trinajstić information content (AvgIpc) is 2.89. The number of amides is 1. The highest BCUT2D eigenvalue weighted by Gasteiger charge is 2.46. The fraction of sp³-hybridized carbons (Fsp3) is 0.923. The number of hydrogen-bond acceptors (Lipinski definition) is 1. The van der Waals surface area contributed by atoms with E-state index in [1.54, 1.807) is 6.92 Å². The van der Waals surface area contributed by atoms with Crippen molar-refractivity contribution >= 4 is 5.91 Å². The normalized spacial score (nSPS) is 41.5. The van der Waals surface area contributed by atoms with Crippen molar-refractivity contribution in [3.05, 3.63) is 0 Å². The summed E-state index contributed by atoms with van der Waals surface area (Å²) in [6, 6.07) is 0. The summed E-state index contributed by atoms with van der Waals surface area (Å²) in [6.45, 7) is 5.70. The lowest BCUT2D eigenvalue weighted by atomic mass is 9.70. The third kappa shape index (κ3) is 2.38.